The lowest BCUT2D eigenvalue weighted by molar-refractivity contribution is -0.121. The molecule has 1 aliphatic rings. The first-order valence-corrected chi connectivity index (χ1v) is 7.30. The molecule has 1 aliphatic heterocycles. The molecule has 0 unspecified atom stereocenters. The highest BCUT2D eigenvalue weighted by Gasteiger charge is 2.37. The molecule has 0 saturated carbocycles. The Morgan fingerprint density at radius 2 is 2.24 bits per heavy atom. The highest BCUT2D eigenvalue weighted by Crippen LogP contribution is 2.32. The molecule has 1 N–H and O–H groups in total. The fourth-order valence-electron chi connectivity index (χ4n) is 1.63. The topological polar surface area (TPSA) is 29.5 Å². The number of hydrogen-bond donors (Lipinski definition) is 1. The zero-order valence-corrected chi connectivity index (χ0v) is 11.7. The number of aliphatic hydroxyl groups excluding tert-OH is 1. The molecule has 17 heavy (non-hydrogen) atoms. The van der Waals surface area contributed by atoms with E-state index in [-0.39, 0.29) is 17.8 Å². The van der Waals surface area contributed by atoms with E-state index in [1.807, 2.05) is 6.07 Å². The van der Waals surface area contributed by atoms with E-state index in [0.29, 0.717) is 24.5 Å². The average molecular weight is 321 g/mol. The maximum absolute atomic E-state index is 13.5. The third-order valence-electron chi connectivity index (χ3n) is 2.83. The summed E-state index contributed by atoms with van der Waals surface area (Å²) in [6.07, 6.45) is 0. The number of rotatable bonds is 5. The van der Waals surface area contributed by atoms with Gasteiger partial charge in [-0.2, -0.15) is 11.8 Å². The molecule has 0 radical (unpaired) electrons. The monoisotopic (exact) mass is 320 g/mol. The molecule has 0 bridgehead atoms. The highest BCUT2D eigenvalue weighted by atomic mass is 79.9. The van der Waals surface area contributed by atoms with Crippen LogP contribution in [0, 0.1) is 11.2 Å². The second-order valence-corrected chi connectivity index (χ2v) is 6.28. The number of ether oxygens (including phenoxy) is 1. The Morgan fingerprint density at radius 3 is 2.76 bits per heavy atom. The van der Waals surface area contributed by atoms with Crippen LogP contribution in [-0.4, -0.2) is 30.7 Å². The van der Waals surface area contributed by atoms with Gasteiger partial charge in [0.25, 0.3) is 0 Å². The predicted octanol–water partition coefficient (Wildman–Crippen LogP) is 2.83. The zero-order chi connectivity index (χ0) is 12.3. The molecule has 0 amide bonds. The van der Waals surface area contributed by atoms with Crippen LogP contribution in [-0.2, 0) is 10.5 Å². The van der Waals surface area contributed by atoms with Gasteiger partial charge in [-0.05, 0) is 17.7 Å². The van der Waals surface area contributed by atoms with Crippen molar-refractivity contribution in [1.29, 1.82) is 0 Å². The van der Waals surface area contributed by atoms with E-state index in [1.54, 1.807) is 17.8 Å². The van der Waals surface area contributed by atoms with Crippen molar-refractivity contribution >= 4 is 27.7 Å². The molecule has 94 valence electrons. The standard InChI is InChI=1S/C12H14BrFO2S/c13-10-2-1-9(11(14)3-10)4-17-8-12(5-15)6-16-7-12/h1-3,15H,4-8H2. The van der Waals surface area contributed by atoms with E-state index in [2.05, 4.69) is 15.9 Å². The minimum Gasteiger partial charge on any atom is -0.396 e. The van der Waals surface area contributed by atoms with Gasteiger partial charge in [0.05, 0.1) is 19.8 Å². The largest absolute Gasteiger partial charge is 0.396 e. The Balaban J connectivity index is 1.85. The normalized spacial score (nSPS) is 17.8. The second kappa shape index (κ2) is 5.69. The van der Waals surface area contributed by atoms with Gasteiger partial charge in [-0.25, -0.2) is 4.39 Å². The van der Waals surface area contributed by atoms with E-state index in [9.17, 15) is 9.50 Å². The Hall–Kier alpha value is -0.100. The first kappa shape index (κ1) is 13.3. The van der Waals surface area contributed by atoms with Gasteiger partial charge in [-0.15, -0.1) is 0 Å². The lowest BCUT2D eigenvalue weighted by Gasteiger charge is -2.39. The third kappa shape index (κ3) is 3.22. The first-order valence-electron chi connectivity index (χ1n) is 5.35. The van der Waals surface area contributed by atoms with Crippen LogP contribution in [0.25, 0.3) is 0 Å². The summed E-state index contributed by atoms with van der Waals surface area (Å²) in [6.45, 7) is 1.36. The molecule has 1 aromatic carbocycles. The van der Waals surface area contributed by atoms with Crippen LogP contribution in [0.4, 0.5) is 4.39 Å². The lowest BCUT2D eigenvalue weighted by atomic mass is 9.90. The molecule has 1 heterocycles. The van der Waals surface area contributed by atoms with Crippen molar-refractivity contribution in [3.63, 3.8) is 0 Å². The number of aliphatic hydroxyl groups is 1. The zero-order valence-electron chi connectivity index (χ0n) is 9.29. The summed E-state index contributed by atoms with van der Waals surface area (Å²) < 4.78 is 19.4. The molecule has 0 atom stereocenters. The van der Waals surface area contributed by atoms with Crippen molar-refractivity contribution in [3.05, 3.63) is 34.1 Å². The molecule has 1 fully saturated rings. The van der Waals surface area contributed by atoms with Gasteiger partial charge in [-0.3, -0.25) is 0 Å². The summed E-state index contributed by atoms with van der Waals surface area (Å²) in [7, 11) is 0. The molecule has 0 aliphatic carbocycles. The van der Waals surface area contributed by atoms with Crippen molar-refractivity contribution in [2.45, 2.75) is 5.75 Å². The van der Waals surface area contributed by atoms with Crippen LogP contribution in [0.15, 0.2) is 22.7 Å². The van der Waals surface area contributed by atoms with Crippen molar-refractivity contribution in [2.75, 3.05) is 25.6 Å². The van der Waals surface area contributed by atoms with Gasteiger partial charge in [0.1, 0.15) is 5.82 Å². The maximum atomic E-state index is 13.5. The fourth-order valence-corrected chi connectivity index (χ4v) is 3.21. The number of thioether (sulfide) groups is 1. The van der Waals surface area contributed by atoms with Gasteiger partial charge in [0.15, 0.2) is 0 Å². The van der Waals surface area contributed by atoms with E-state index in [4.69, 9.17) is 4.74 Å². The Morgan fingerprint density at radius 1 is 1.47 bits per heavy atom. The number of hydrogen-bond acceptors (Lipinski definition) is 3. The molecular weight excluding hydrogens is 307 g/mol. The SMILES string of the molecule is OCC1(CSCc2ccc(Br)cc2F)COC1. The fraction of sp³-hybridized carbons (Fsp3) is 0.500. The van der Waals surface area contributed by atoms with Gasteiger partial charge in [0.2, 0.25) is 0 Å². The van der Waals surface area contributed by atoms with Crippen molar-refractivity contribution < 1.29 is 14.2 Å². The summed E-state index contributed by atoms with van der Waals surface area (Å²) in [5.41, 5.74) is 0.600. The van der Waals surface area contributed by atoms with Gasteiger partial charge in [0, 0.05) is 21.4 Å². The Labute approximate surface area is 113 Å². The number of halogens is 2. The van der Waals surface area contributed by atoms with Crippen LogP contribution in [0.2, 0.25) is 0 Å². The molecule has 2 rings (SSSR count). The second-order valence-electron chi connectivity index (χ2n) is 4.38. The van der Waals surface area contributed by atoms with Crippen LogP contribution in [0.5, 0.6) is 0 Å². The van der Waals surface area contributed by atoms with E-state index < -0.39 is 0 Å². The van der Waals surface area contributed by atoms with Crippen LogP contribution in [0.1, 0.15) is 5.56 Å². The van der Waals surface area contributed by atoms with Crippen molar-refractivity contribution in [3.8, 4) is 0 Å². The van der Waals surface area contributed by atoms with Gasteiger partial charge < -0.3 is 9.84 Å². The Bertz CT molecular complexity index is 391. The predicted molar refractivity (Wildman–Crippen MR) is 70.6 cm³/mol. The minimum absolute atomic E-state index is 0.101. The van der Waals surface area contributed by atoms with E-state index >= 15 is 0 Å². The highest BCUT2D eigenvalue weighted by molar-refractivity contribution is 9.10. The summed E-state index contributed by atoms with van der Waals surface area (Å²) >= 11 is 4.87. The minimum atomic E-state index is -0.185. The average Bonchev–Trinajstić information content (AvgIpc) is 2.25. The molecule has 2 nitrogen and oxygen atoms in total. The Kier molecular flexibility index (Phi) is 4.47. The summed E-state index contributed by atoms with van der Waals surface area (Å²) in [5.74, 6) is 1.25. The number of benzene rings is 1. The smallest absolute Gasteiger partial charge is 0.128 e. The van der Waals surface area contributed by atoms with Crippen LogP contribution in [0.3, 0.4) is 0 Å². The molecule has 1 saturated heterocycles. The van der Waals surface area contributed by atoms with Crippen LogP contribution < -0.4 is 0 Å². The molecule has 1 aromatic rings. The van der Waals surface area contributed by atoms with E-state index in [0.717, 1.165) is 10.2 Å². The van der Waals surface area contributed by atoms with Gasteiger partial charge in [-0.1, -0.05) is 22.0 Å². The third-order valence-corrected chi connectivity index (χ3v) is 4.66. The molecule has 0 spiro atoms. The summed E-state index contributed by atoms with van der Waals surface area (Å²) in [4.78, 5) is 0. The lowest BCUT2D eigenvalue weighted by Crippen LogP contribution is -2.47. The summed E-state index contributed by atoms with van der Waals surface area (Å²) in [6, 6.07) is 5.10. The van der Waals surface area contributed by atoms with E-state index in [1.165, 1.54) is 6.07 Å². The van der Waals surface area contributed by atoms with Crippen LogP contribution >= 0.6 is 27.7 Å². The molecular formula is C12H14BrFO2S. The van der Waals surface area contributed by atoms with Crippen molar-refractivity contribution in [2.24, 2.45) is 5.41 Å². The molecule has 5 heteroatoms. The first-order chi connectivity index (χ1) is 8.15. The quantitative estimate of drug-likeness (QED) is 0.904. The summed E-state index contributed by atoms with van der Waals surface area (Å²) in [5, 5.41) is 9.25. The van der Waals surface area contributed by atoms with Gasteiger partial charge >= 0.3 is 0 Å². The molecule has 0 aromatic heterocycles. The van der Waals surface area contributed by atoms with Crippen molar-refractivity contribution in [1.82, 2.24) is 0 Å². The maximum Gasteiger partial charge on any atom is 0.128 e.